The van der Waals surface area contributed by atoms with E-state index in [-0.39, 0.29) is 5.91 Å². The quantitative estimate of drug-likeness (QED) is 0.365. The highest BCUT2D eigenvalue weighted by Gasteiger charge is 2.24. The van der Waals surface area contributed by atoms with Gasteiger partial charge in [0, 0.05) is 37.1 Å². The van der Waals surface area contributed by atoms with Crippen LogP contribution in [0.3, 0.4) is 0 Å². The number of aromatic nitrogens is 4. The van der Waals surface area contributed by atoms with Gasteiger partial charge in [0.2, 0.25) is 11.9 Å². The van der Waals surface area contributed by atoms with Gasteiger partial charge >= 0.3 is 0 Å². The van der Waals surface area contributed by atoms with Gasteiger partial charge in [-0.1, -0.05) is 42.5 Å². The number of hydrogen-bond donors (Lipinski definition) is 0. The summed E-state index contributed by atoms with van der Waals surface area (Å²) in [6.07, 6.45) is 1.28. The molecule has 1 aliphatic heterocycles. The number of rotatable bonds is 5. The Kier molecular flexibility index (Phi) is 6.14. The first-order chi connectivity index (χ1) is 18.2. The molecule has 1 saturated heterocycles. The Balaban J connectivity index is 1.35. The van der Waals surface area contributed by atoms with Crippen molar-refractivity contribution in [3.63, 3.8) is 0 Å². The summed E-state index contributed by atoms with van der Waals surface area (Å²) >= 11 is 0. The van der Waals surface area contributed by atoms with Crippen molar-refractivity contribution in [3.05, 3.63) is 84.4 Å². The van der Waals surface area contributed by atoms with Crippen molar-refractivity contribution >= 4 is 28.4 Å². The lowest BCUT2D eigenvalue weighted by Crippen LogP contribution is -2.36. The lowest BCUT2D eigenvalue weighted by molar-refractivity contribution is -0.130. The highest BCUT2D eigenvalue weighted by molar-refractivity contribution is 5.93. The minimum absolute atomic E-state index is 0.160. The third kappa shape index (κ3) is 4.46. The van der Waals surface area contributed by atoms with Crippen LogP contribution in [0.4, 0.5) is 5.95 Å². The fourth-order valence-corrected chi connectivity index (χ4v) is 4.95. The highest BCUT2D eigenvalue weighted by atomic mass is 16.5. The topological polar surface area (TPSA) is 75.9 Å². The van der Waals surface area contributed by atoms with Crippen LogP contribution < -0.4 is 9.64 Å². The number of carbonyl (C=O) groups excluding carboxylic acids is 1. The number of hydrogen-bond acceptors (Lipinski definition) is 6. The second-order valence-corrected chi connectivity index (χ2v) is 9.22. The SMILES string of the molecule is COc1ccc(-c2nnc3c4ccccc4nc(N4CCCN(C(=O)Cc5ccccc5)CC4)n23)cc1. The fourth-order valence-electron chi connectivity index (χ4n) is 4.95. The molecule has 6 rings (SSSR count). The molecule has 2 aromatic heterocycles. The number of anilines is 1. The summed E-state index contributed by atoms with van der Waals surface area (Å²) in [5, 5.41) is 10.1. The molecule has 0 radical (unpaired) electrons. The van der Waals surface area contributed by atoms with Crippen molar-refractivity contribution in [3.8, 4) is 17.1 Å². The van der Waals surface area contributed by atoms with E-state index in [1.807, 2.05) is 88.2 Å². The number of ether oxygens (including phenoxy) is 1. The molecule has 0 saturated carbocycles. The van der Waals surface area contributed by atoms with Crippen molar-refractivity contribution in [1.82, 2.24) is 24.5 Å². The van der Waals surface area contributed by atoms with Gasteiger partial charge in [-0.05, 0) is 48.4 Å². The first-order valence-electron chi connectivity index (χ1n) is 12.6. The molecule has 37 heavy (non-hydrogen) atoms. The van der Waals surface area contributed by atoms with Crippen LogP contribution in [-0.2, 0) is 11.2 Å². The van der Waals surface area contributed by atoms with Gasteiger partial charge in [0.15, 0.2) is 11.5 Å². The molecule has 3 aromatic carbocycles. The number of methoxy groups -OCH3 is 1. The van der Waals surface area contributed by atoms with Crippen LogP contribution in [0.1, 0.15) is 12.0 Å². The Morgan fingerprint density at radius 1 is 0.865 bits per heavy atom. The van der Waals surface area contributed by atoms with E-state index in [0.29, 0.717) is 19.5 Å². The highest BCUT2D eigenvalue weighted by Crippen LogP contribution is 2.29. The molecule has 186 valence electrons. The Morgan fingerprint density at radius 2 is 1.65 bits per heavy atom. The molecule has 1 aliphatic rings. The maximum absolute atomic E-state index is 13.1. The predicted octanol–water partition coefficient (Wildman–Crippen LogP) is 4.23. The van der Waals surface area contributed by atoms with Gasteiger partial charge in [-0.3, -0.25) is 4.79 Å². The van der Waals surface area contributed by atoms with Crippen molar-refractivity contribution in [2.75, 3.05) is 38.2 Å². The van der Waals surface area contributed by atoms with E-state index < -0.39 is 0 Å². The summed E-state index contributed by atoms with van der Waals surface area (Å²) in [6.45, 7) is 2.84. The van der Waals surface area contributed by atoms with Crippen LogP contribution in [0.2, 0.25) is 0 Å². The van der Waals surface area contributed by atoms with Gasteiger partial charge < -0.3 is 14.5 Å². The molecule has 8 heteroatoms. The second-order valence-electron chi connectivity index (χ2n) is 9.22. The van der Waals surface area contributed by atoms with Crippen LogP contribution in [-0.4, -0.2) is 63.7 Å². The van der Waals surface area contributed by atoms with Crippen LogP contribution in [0.25, 0.3) is 27.9 Å². The Labute approximate surface area is 215 Å². The summed E-state index contributed by atoms with van der Waals surface area (Å²) in [7, 11) is 1.66. The largest absolute Gasteiger partial charge is 0.497 e. The second kappa shape index (κ2) is 9.89. The maximum Gasteiger partial charge on any atom is 0.227 e. The Bertz CT molecular complexity index is 1550. The Hall–Kier alpha value is -4.46. The van der Waals surface area contributed by atoms with Gasteiger partial charge in [0.1, 0.15) is 5.75 Å². The number of fused-ring (bicyclic) bond motifs is 3. The molecular formula is C29H28N6O2. The van der Waals surface area contributed by atoms with Gasteiger partial charge in [-0.25, -0.2) is 9.38 Å². The van der Waals surface area contributed by atoms with Crippen molar-refractivity contribution in [2.24, 2.45) is 0 Å². The van der Waals surface area contributed by atoms with E-state index in [0.717, 1.165) is 64.7 Å². The third-order valence-electron chi connectivity index (χ3n) is 6.91. The molecule has 8 nitrogen and oxygen atoms in total. The van der Waals surface area contributed by atoms with Crippen molar-refractivity contribution in [1.29, 1.82) is 0 Å². The van der Waals surface area contributed by atoms with Gasteiger partial charge in [-0.15, -0.1) is 10.2 Å². The molecule has 0 aliphatic carbocycles. The number of para-hydroxylation sites is 1. The lowest BCUT2D eigenvalue weighted by atomic mass is 10.1. The molecule has 0 N–H and O–H groups in total. The molecule has 1 fully saturated rings. The smallest absolute Gasteiger partial charge is 0.227 e. The van der Waals surface area contributed by atoms with E-state index >= 15 is 0 Å². The number of nitrogens with zero attached hydrogens (tertiary/aromatic N) is 6. The molecule has 1 amide bonds. The van der Waals surface area contributed by atoms with Crippen LogP contribution >= 0.6 is 0 Å². The minimum atomic E-state index is 0.160. The molecule has 5 aromatic rings. The van der Waals surface area contributed by atoms with Gasteiger partial charge in [0.25, 0.3) is 0 Å². The van der Waals surface area contributed by atoms with Crippen LogP contribution in [0.5, 0.6) is 5.75 Å². The van der Waals surface area contributed by atoms with E-state index in [9.17, 15) is 4.79 Å². The zero-order chi connectivity index (χ0) is 25.2. The molecular weight excluding hydrogens is 464 g/mol. The average Bonchev–Trinajstić information content (AvgIpc) is 3.24. The van der Waals surface area contributed by atoms with E-state index in [1.165, 1.54) is 0 Å². The standard InChI is InChI=1S/C29H28N6O2/c1-37-23-14-12-22(13-15-23)27-31-32-28-24-10-5-6-11-25(24)30-29(35(27)28)34-17-7-16-33(18-19-34)26(36)20-21-8-3-2-4-9-21/h2-6,8-15H,7,16-20H2,1H3. The molecule has 0 spiro atoms. The maximum atomic E-state index is 13.1. The van der Waals surface area contributed by atoms with Gasteiger partial charge in [0.05, 0.1) is 19.0 Å². The monoisotopic (exact) mass is 492 g/mol. The summed E-state index contributed by atoms with van der Waals surface area (Å²) < 4.78 is 7.38. The first-order valence-corrected chi connectivity index (χ1v) is 12.6. The summed E-state index contributed by atoms with van der Waals surface area (Å²) in [5.41, 5.74) is 3.62. The average molecular weight is 493 g/mol. The van der Waals surface area contributed by atoms with E-state index in [4.69, 9.17) is 9.72 Å². The zero-order valence-corrected chi connectivity index (χ0v) is 20.7. The van der Waals surface area contributed by atoms with Crippen LogP contribution in [0.15, 0.2) is 78.9 Å². The van der Waals surface area contributed by atoms with Crippen LogP contribution in [0, 0.1) is 0 Å². The molecule has 0 bridgehead atoms. The zero-order valence-electron chi connectivity index (χ0n) is 20.7. The Morgan fingerprint density at radius 3 is 2.46 bits per heavy atom. The summed E-state index contributed by atoms with van der Waals surface area (Å²) in [5.74, 6) is 2.47. The van der Waals surface area contributed by atoms with E-state index in [2.05, 4.69) is 15.1 Å². The summed E-state index contributed by atoms with van der Waals surface area (Å²) in [4.78, 5) is 22.4. The fraction of sp³-hybridized carbons (Fsp3) is 0.241. The predicted molar refractivity (Wildman–Crippen MR) is 144 cm³/mol. The number of amides is 1. The van der Waals surface area contributed by atoms with Gasteiger partial charge in [-0.2, -0.15) is 0 Å². The third-order valence-corrected chi connectivity index (χ3v) is 6.91. The first kappa shape index (κ1) is 23.0. The van der Waals surface area contributed by atoms with E-state index in [1.54, 1.807) is 7.11 Å². The molecule has 0 unspecified atom stereocenters. The normalized spacial score (nSPS) is 14.2. The minimum Gasteiger partial charge on any atom is -0.497 e. The van der Waals surface area contributed by atoms with Crippen molar-refractivity contribution in [2.45, 2.75) is 12.8 Å². The number of benzene rings is 3. The number of carbonyl (C=O) groups is 1. The van der Waals surface area contributed by atoms with Crippen molar-refractivity contribution < 1.29 is 9.53 Å². The lowest BCUT2D eigenvalue weighted by Gasteiger charge is -2.24. The summed E-state index contributed by atoms with van der Waals surface area (Å²) in [6, 6.07) is 25.8. The molecule has 0 atom stereocenters. The molecule has 3 heterocycles.